The molecule has 1 aliphatic heterocycles. The number of carbonyl (C=O) groups excluding carboxylic acids is 2. The zero-order valence-corrected chi connectivity index (χ0v) is 19.5. The van der Waals surface area contributed by atoms with Gasteiger partial charge in [-0.25, -0.2) is 0 Å². The van der Waals surface area contributed by atoms with Crippen LogP contribution in [0.4, 0.5) is 0 Å². The molecule has 0 saturated heterocycles. The summed E-state index contributed by atoms with van der Waals surface area (Å²) in [6.45, 7) is 6.79. The van der Waals surface area contributed by atoms with Gasteiger partial charge in [-0.2, -0.15) is 0 Å². The maximum atomic E-state index is 13.5. The first-order valence-electron chi connectivity index (χ1n) is 10.5. The quantitative estimate of drug-likeness (QED) is 0.460. The number of furan rings is 1. The molecule has 8 heteroatoms. The molecule has 0 bridgehead atoms. The molecular weight excluding hydrogens is 474 g/mol. The van der Waals surface area contributed by atoms with Crippen LogP contribution in [0, 0.1) is 0 Å². The van der Waals surface area contributed by atoms with Crippen molar-refractivity contribution in [2.24, 2.45) is 0 Å². The van der Waals surface area contributed by atoms with Crippen LogP contribution in [0.1, 0.15) is 36.0 Å². The number of pyridine rings is 1. The van der Waals surface area contributed by atoms with Crippen molar-refractivity contribution in [3.05, 3.63) is 75.9 Å². The lowest BCUT2D eigenvalue weighted by atomic mass is 9.96. The average molecular weight is 498 g/mol. The Balaban J connectivity index is 1.73. The lowest BCUT2D eigenvalue weighted by Gasteiger charge is -2.29. The highest BCUT2D eigenvalue weighted by atomic mass is 79.9. The van der Waals surface area contributed by atoms with Crippen LogP contribution in [0.2, 0.25) is 0 Å². The molecule has 1 N–H and O–H groups in total. The number of aliphatic hydroxyl groups is 1. The lowest BCUT2D eigenvalue weighted by Crippen LogP contribution is -2.38. The second kappa shape index (κ2) is 9.26. The summed E-state index contributed by atoms with van der Waals surface area (Å²) in [6.07, 6.45) is 3.24. The van der Waals surface area contributed by atoms with Crippen molar-refractivity contribution in [2.45, 2.75) is 19.9 Å². The number of nitrogens with zero attached hydrogens (tertiary/aromatic N) is 3. The van der Waals surface area contributed by atoms with E-state index in [9.17, 15) is 14.7 Å². The minimum absolute atomic E-state index is 0.0145. The zero-order chi connectivity index (χ0) is 22.8. The molecule has 3 aromatic rings. The third-order valence-corrected chi connectivity index (χ3v) is 6.30. The molecular formula is C24H24BrN3O4. The molecule has 3 heterocycles. The Morgan fingerprint density at radius 1 is 1.25 bits per heavy atom. The number of amides is 1. The Kier molecular flexibility index (Phi) is 6.43. The number of Topliss-reactive ketones (excluding diaryl/α,β-unsaturated/α-hetero) is 1. The number of halogens is 1. The third kappa shape index (κ3) is 4.08. The van der Waals surface area contributed by atoms with Crippen molar-refractivity contribution < 1.29 is 19.1 Å². The van der Waals surface area contributed by atoms with Gasteiger partial charge in [0.15, 0.2) is 11.5 Å². The first kappa shape index (κ1) is 22.2. The summed E-state index contributed by atoms with van der Waals surface area (Å²) in [7, 11) is 0. The van der Waals surface area contributed by atoms with E-state index in [0.717, 1.165) is 22.9 Å². The van der Waals surface area contributed by atoms with Crippen molar-refractivity contribution >= 4 is 38.6 Å². The SMILES string of the molecule is CCN(CC)CCN1C(=O)C(O)=C(C(=O)c2cc3cc(Br)ccc3o2)C1c1cccnc1. The van der Waals surface area contributed by atoms with Gasteiger partial charge in [-0.3, -0.25) is 14.6 Å². The van der Waals surface area contributed by atoms with Crippen LogP contribution >= 0.6 is 15.9 Å². The van der Waals surface area contributed by atoms with Crippen LogP contribution in [0.25, 0.3) is 11.0 Å². The van der Waals surface area contributed by atoms with Gasteiger partial charge in [0.1, 0.15) is 5.58 Å². The van der Waals surface area contributed by atoms with Crippen LogP contribution in [0.15, 0.2) is 69.0 Å². The summed E-state index contributed by atoms with van der Waals surface area (Å²) in [5.41, 5.74) is 1.23. The van der Waals surface area contributed by atoms with E-state index in [-0.39, 0.29) is 11.3 Å². The Morgan fingerprint density at radius 3 is 2.72 bits per heavy atom. The number of rotatable bonds is 8. The molecule has 166 valence electrons. The highest BCUT2D eigenvalue weighted by Crippen LogP contribution is 2.39. The summed E-state index contributed by atoms with van der Waals surface area (Å²) >= 11 is 3.41. The van der Waals surface area contributed by atoms with Gasteiger partial charge in [0.2, 0.25) is 5.78 Å². The molecule has 0 fully saturated rings. The second-order valence-corrected chi connectivity index (χ2v) is 8.51. The summed E-state index contributed by atoms with van der Waals surface area (Å²) in [5.74, 6) is -1.53. The van der Waals surface area contributed by atoms with E-state index >= 15 is 0 Å². The van der Waals surface area contributed by atoms with E-state index in [2.05, 4.69) is 39.7 Å². The number of carbonyl (C=O) groups is 2. The fourth-order valence-corrected chi connectivity index (χ4v) is 4.43. The van der Waals surface area contributed by atoms with E-state index in [1.54, 1.807) is 36.7 Å². The van der Waals surface area contributed by atoms with Crippen LogP contribution in [-0.2, 0) is 4.79 Å². The summed E-state index contributed by atoms with van der Waals surface area (Å²) < 4.78 is 6.62. The van der Waals surface area contributed by atoms with Crippen LogP contribution in [0.3, 0.4) is 0 Å². The van der Waals surface area contributed by atoms with E-state index in [1.807, 2.05) is 12.1 Å². The molecule has 0 radical (unpaired) electrons. The fraction of sp³-hybridized carbons (Fsp3) is 0.292. The molecule has 32 heavy (non-hydrogen) atoms. The number of aromatic nitrogens is 1. The van der Waals surface area contributed by atoms with Crippen molar-refractivity contribution in [1.29, 1.82) is 0 Å². The minimum atomic E-state index is -0.737. The Labute approximate surface area is 194 Å². The molecule has 4 rings (SSSR count). The highest BCUT2D eigenvalue weighted by Gasteiger charge is 2.44. The number of hydrogen-bond donors (Lipinski definition) is 1. The van der Waals surface area contributed by atoms with Crippen molar-refractivity contribution in [2.75, 3.05) is 26.2 Å². The third-order valence-electron chi connectivity index (χ3n) is 5.80. The van der Waals surface area contributed by atoms with Gasteiger partial charge in [0.25, 0.3) is 5.91 Å². The zero-order valence-electron chi connectivity index (χ0n) is 17.9. The molecule has 1 amide bonds. The summed E-state index contributed by atoms with van der Waals surface area (Å²) in [6, 6.07) is 9.88. The molecule has 7 nitrogen and oxygen atoms in total. The molecule has 0 spiro atoms. The number of hydrogen-bond acceptors (Lipinski definition) is 6. The Morgan fingerprint density at radius 2 is 2.03 bits per heavy atom. The van der Waals surface area contributed by atoms with Gasteiger partial charge in [-0.1, -0.05) is 35.8 Å². The normalized spacial score (nSPS) is 16.6. The number of ketones is 1. The monoisotopic (exact) mass is 497 g/mol. The smallest absolute Gasteiger partial charge is 0.290 e. The molecule has 1 atom stereocenters. The van der Waals surface area contributed by atoms with Crippen molar-refractivity contribution in [3.63, 3.8) is 0 Å². The van der Waals surface area contributed by atoms with Crippen LogP contribution in [-0.4, -0.2) is 57.8 Å². The number of benzene rings is 1. The number of fused-ring (bicyclic) bond motifs is 1. The summed E-state index contributed by atoms with van der Waals surface area (Å²) in [4.78, 5) is 34.4. The van der Waals surface area contributed by atoms with Gasteiger partial charge in [0, 0.05) is 35.3 Å². The second-order valence-electron chi connectivity index (χ2n) is 7.60. The first-order valence-corrected chi connectivity index (χ1v) is 11.3. The molecule has 0 aliphatic carbocycles. The predicted molar refractivity (Wildman–Crippen MR) is 124 cm³/mol. The standard InChI is InChI=1S/C24H24BrN3O4/c1-3-27(4-2)10-11-28-21(15-6-5-9-26-14-15)20(23(30)24(28)31)22(29)19-13-16-12-17(25)7-8-18(16)32-19/h5-9,12-14,21,30H,3-4,10-11H2,1-2H3. The highest BCUT2D eigenvalue weighted by molar-refractivity contribution is 9.10. The van der Waals surface area contributed by atoms with E-state index in [4.69, 9.17) is 4.42 Å². The molecule has 0 saturated carbocycles. The maximum absolute atomic E-state index is 13.5. The molecule has 2 aromatic heterocycles. The van der Waals surface area contributed by atoms with Gasteiger partial charge in [-0.05, 0) is 49.0 Å². The molecule has 1 aromatic carbocycles. The average Bonchev–Trinajstić information content (AvgIpc) is 3.33. The molecule has 1 unspecified atom stereocenters. The topological polar surface area (TPSA) is 86.9 Å². The molecule has 1 aliphatic rings. The van der Waals surface area contributed by atoms with E-state index in [0.29, 0.717) is 24.2 Å². The van der Waals surface area contributed by atoms with Crippen molar-refractivity contribution in [1.82, 2.24) is 14.8 Å². The largest absolute Gasteiger partial charge is 0.503 e. The van der Waals surface area contributed by atoms with E-state index < -0.39 is 23.5 Å². The van der Waals surface area contributed by atoms with E-state index in [1.165, 1.54) is 4.90 Å². The Bertz CT molecular complexity index is 1180. The number of likely N-dealkylation sites (N-methyl/N-ethyl adjacent to an activating group) is 1. The van der Waals surface area contributed by atoms with Crippen LogP contribution in [0.5, 0.6) is 0 Å². The summed E-state index contributed by atoms with van der Waals surface area (Å²) in [5, 5.41) is 11.5. The lowest BCUT2D eigenvalue weighted by molar-refractivity contribution is -0.129. The van der Waals surface area contributed by atoms with Crippen molar-refractivity contribution in [3.8, 4) is 0 Å². The Hall–Kier alpha value is -2.97. The van der Waals surface area contributed by atoms with Crippen LogP contribution < -0.4 is 0 Å². The van der Waals surface area contributed by atoms with Gasteiger partial charge in [-0.15, -0.1) is 0 Å². The first-order chi connectivity index (χ1) is 15.4. The van der Waals surface area contributed by atoms with Gasteiger partial charge in [0.05, 0.1) is 11.6 Å². The van der Waals surface area contributed by atoms with Gasteiger partial charge < -0.3 is 19.3 Å². The maximum Gasteiger partial charge on any atom is 0.290 e. The number of aliphatic hydroxyl groups excluding tert-OH is 1. The minimum Gasteiger partial charge on any atom is -0.503 e. The predicted octanol–water partition coefficient (Wildman–Crippen LogP) is 4.51. The fourth-order valence-electron chi connectivity index (χ4n) is 4.05. The van der Waals surface area contributed by atoms with Gasteiger partial charge >= 0.3 is 0 Å².